The number of H-pyrrole nitrogens is 1. The topological polar surface area (TPSA) is 58.2 Å². The number of nitrogens with one attached hydrogen (secondary N) is 1. The standard InChI is InChI=1S/C18H23N3O2/c1-12-4-5-13(2)15(10-12)11-16-14(3)19-18(20-17(16)22)21-6-8-23-9-7-21/h4-5,10H,6-9,11H2,1-3H3,(H,19,20,22). The van der Waals surface area contributed by atoms with Crippen LogP contribution in [0.5, 0.6) is 0 Å². The van der Waals surface area contributed by atoms with Gasteiger partial charge in [0, 0.05) is 25.1 Å². The predicted molar refractivity (Wildman–Crippen MR) is 91.3 cm³/mol. The second-order valence-corrected chi connectivity index (χ2v) is 6.16. The summed E-state index contributed by atoms with van der Waals surface area (Å²) in [4.78, 5) is 22.2. The third kappa shape index (κ3) is 3.45. The number of benzene rings is 1. The molecule has 0 unspecified atom stereocenters. The molecule has 1 aromatic carbocycles. The van der Waals surface area contributed by atoms with Gasteiger partial charge in [0.1, 0.15) is 0 Å². The Balaban J connectivity index is 1.91. The minimum atomic E-state index is -0.0418. The van der Waals surface area contributed by atoms with Gasteiger partial charge in [0.15, 0.2) is 0 Å². The first-order valence-electron chi connectivity index (χ1n) is 8.03. The van der Waals surface area contributed by atoms with Crippen molar-refractivity contribution < 1.29 is 4.74 Å². The van der Waals surface area contributed by atoms with Crippen molar-refractivity contribution in [2.24, 2.45) is 0 Å². The average molecular weight is 313 g/mol. The molecule has 0 radical (unpaired) electrons. The largest absolute Gasteiger partial charge is 0.378 e. The molecular weight excluding hydrogens is 290 g/mol. The van der Waals surface area contributed by atoms with Gasteiger partial charge in [-0.2, -0.15) is 0 Å². The van der Waals surface area contributed by atoms with Gasteiger partial charge in [-0.25, -0.2) is 4.98 Å². The summed E-state index contributed by atoms with van der Waals surface area (Å²) in [6, 6.07) is 6.34. The molecular formula is C18H23N3O2. The molecule has 1 aliphatic rings. The van der Waals surface area contributed by atoms with E-state index in [0.717, 1.165) is 24.3 Å². The van der Waals surface area contributed by atoms with Crippen LogP contribution in [-0.2, 0) is 11.2 Å². The highest BCUT2D eigenvalue weighted by molar-refractivity contribution is 5.38. The zero-order chi connectivity index (χ0) is 16.4. The molecule has 0 saturated carbocycles. The fraction of sp³-hybridized carbons (Fsp3) is 0.444. The first kappa shape index (κ1) is 15.7. The monoisotopic (exact) mass is 313 g/mol. The number of nitrogens with zero attached hydrogens (tertiary/aromatic N) is 2. The van der Waals surface area contributed by atoms with E-state index in [2.05, 4.69) is 46.9 Å². The van der Waals surface area contributed by atoms with Crippen LogP contribution in [0.2, 0.25) is 0 Å². The highest BCUT2D eigenvalue weighted by Crippen LogP contribution is 2.17. The summed E-state index contributed by atoms with van der Waals surface area (Å²) in [5, 5.41) is 0. The Morgan fingerprint density at radius 1 is 1.22 bits per heavy atom. The van der Waals surface area contributed by atoms with Gasteiger partial charge in [0.25, 0.3) is 5.56 Å². The van der Waals surface area contributed by atoms with E-state index in [0.29, 0.717) is 25.6 Å². The number of hydrogen-bond acceptors (Lipinski definition) is 4. The molecule has 1 fully saturated rings. The van der Waals surface area contributed by atoms with E-state index in [1.165, 1.54) is 16.7 Å². The Labute approximate surface area is 136 Å². The maximum atomic E-state index is 12.6. The van der Waals surface area contributed by atoms with Crippen molar-refractivity contribution in [3.05, 3.63) is 56.5 Å². The van der Waals surface area contributed by atoms with Crippen LogP contribution in [-0.4, -0.2) is 36.3 Å². The molecule has 23 heavy (non-hydrogen) atoms. The number of rotatable bonds is 3. The van der Waals surface area contributed by atoms with Crippen molar-refractivity contribution >= 4 is 5.95 Å². The molecule has 1 N–H and O–H groups in total. The molecule has 0 atom stereocenters. The zero-order valence-corrected chi connectivity index (χ0v) is 14.0. The van der Waals surface area contributed by atoms with E-state index in [1.807, 2.05) is 6.92 Å². The minimum Gasteiger partial charge on any atom is -0.378 e. The lowest BCUT2D eigenvalue weighted by Gasteiger charge is -2.27. The Bertz CT molecular complexity index is 761. The van der Waals surface area contributed by atoms with E-state index in [-0.39, 0.29) is 5.56 Å². The molecule has 2 heterocycles. The van der Waals surface area contributed by atoms with Crippen LogP contribution in [0.15, 0.2) is 23.0 Å². The molecule has 1 aliphatic heterocycles. The van der Waals surface area contributed by atoms with Gasteiger partial charge < -0.3 is 9.64 Å². The summed E-state index contributed by atoms with van der Waals surface area (Å²) in [5.74, 6) is 0.653. The number of aryl methyl sites for hydroxylation is 3. The Hall–Kier alpha value is -2.14. The molecule has 0 bridgehead atoms. The van der Waals surface area contributed by atoms with Crippen LogP contribution in [0.4, 0.5) is 5.95 Å². The molecule has 1 aromatic heterocycles. The maximum Gasteiger partial charge on any atom is 0.256 e. The smallest absolute Gasteiger partial charge is 0.256 e. The highest BCUT2D eigenvalue weighted by atomic mass is 16.5. The van der Waals surface area contributed by atoms with Crippen molar-refractivity contribution in [3.8, 4) is 0 Å². The maximum absolute atomic E-state index is 12.6. The van der Waals surface area contributed by atoms with E-state index >= 15 is 0 Å². The number of aromatic amines is 1. The summed E-state index contributed by atoms with van der Waals surface area (Å²) >= 11 is 0. The molecule has 122 valence electrons. The van der Waals surface area contributed by atoms with Gasteiger partial charge in [-0.15, -0.1) is 0 Å². The Morgan fingerprint density at radius 2 is 1.96 bits per heavy atom. The first-order valence-corrected chi connectivity index (χ1v) is 8.03. The number of hydrogen-bond donors (Lipinski definition) is 1. The van der Waals surface area contributed by atoms with Crippen molar-refractivity contribution in [3.63, 3.8) is 0 Å². The summed E-state index contributed by atoms with van der Waals surface area (Å²) in [6.07, 6.45) is 0.616. The van der Waals surface area contributed by atoms with Gasteiger partial charge in [-0.3, -0.25) is 9.78 Å². The van der Waals surface area contributed by atoms with Crippen molar-refractivity contribution in [2.75, 3.05) is 31.2 Å². The van der Waals surface area contributed by atoms with Gasteiger partial charge in [0.2, 0.25) is 5.95 Å². The fourth-order valence-electron chi connectivity index (χ4n) is 2.91. The second-order valence-electron chi connectivity index (χ2n) is 6.16. The molecule has 0 amide bonds. The summed E-state index contributed by atoms with van der Waals surface area (Å²) in [6.45, 7) is 8.94. The molecule has 0 spiro atoms. The van der Waals surface area contributed by atoms with E-state index in [1.54, 1.807) is 0 Å². The van der Waals surface area contributed by atoms with Gasteiger partial charge in [0.05, 0.1) is 18.9 Å². The van der Waals surface area contributed by atoms with Crippen molar-refractivity contribution in [1.82, 2.24) is 9.97 Å². The number of anilines is 1. The number of morpholine rings is 1. The zero-order valence-electron chi connectivity index (χ0n) is 14.0. The van der Waals surface area contributed by atoms with Crippen LogP contribution in [0.3, 0.4) is 0 Å². The summed E-state index contributed by atoms with van der Waals surface area (Å²) in [5.41, 5.74) is 5.09. The molecule has 2 aromatic rings. The predicted octanol–water partition coefficient (Wildman–Crippen LogP) is 2.12. The third-order valence-electron chi connectivity index (χ3n) is 4.39. The van der Waals surface area contributed by atoms with Crippen LogP contribution >= 0.6 is 0 Å². The molecule has 0 aliphatic carbocycles. The highest BCUT2D eigenvalue weighted by Gasteiger charge is 2.16. The van der Waals surface area contributed by atoms with E-state index in [4.69, 9.17) is 4.74 Å². The van der Waals surface area contributed by atoms with Gasteiger partial charge >= 0.3 is 0 Å². The summed E-state index contributed by atoms with van der Waals surface area (Å²) < 4.78 is 5.35. The average Bonchev–Trinajstić information content (AvgIpc) is 2.54. The fourth-order valence-corrected chi connectivity index (χ4v) is 2.91. The lowest BCUT2D eigenvalue weighted by atomic mass is 9.98. The van der Waals surface area contributed by atoms with Crippen LogP contribution < -0.4 is 10.5 Å². The Morgan fingerprint density at radius 3 is 2.65 bits per heavy atom. The summed E-state index contributed by atoms with van der Waals surface area (Å²) in [7, 11) is 0. The second kappa shape index (κ2) is 6.54. The lowest BCUT2D eigenvalue weighted by Crippen LogP contribution is -2.38. The van der Waals surface area contributed by atoms with Crippen LogP contribution in [0, 0.1) is 20.8 Å². The first-order chi connectivity index (χ1) is 11.0. The Kier molecular flexibility index (Phi) is 4.48. The van der Waals surface area contributed by atoms with Gasteiger partial charge in [-0.05, 0) is 31.9 Å². The molecule has 1 saturated heterocycles. The molecule has 3 rings (SSSR count). The quantitative estimate of drug-likeness (QED) is 0.943. The SMILES string of the molecule is Cc1ccc(C)c(Cc2c(C)nc(N3CCOCC3)[nH]c2=O)c1. The van der Waals surface area contributed by atoms with E-state index < -0.39 is 0 Å². The van der Waals surface area contributed by atoms with Crippen LogP contribution in [0.25, 0.3) is 0 Å². The third-order valence-corrected chi connectivity index (χ3v) is 4.39. The minimum absolute atomic E-state index is 0.0418. The lowest BCUT2D eigenvalue weighted by molar-refractivity contribution is 0.122. The normalized spacial score (nSPS) is 15.0. The van der Waals surface area contributed by atoms with Crippen molar-refractivity contribution in [2.45, 2.75) is 27.2 Å². The number of aromatic nitrogens is 2. The molecule has 5 heteroatoms. The number of ether oxygens (including phenoxy) is 1. The van der Waals surface area contributed by atoms with Gasteiger partial charge in [-0.1, -0.05) is 23.8 Å². The van der Waals surface area contributed by atoms with Crippen LogP contribution in [0.1, 0.15) is 27.9 Å². The van der Waals surface area contributed by atoms with Crippen molar-refractivity contribution in [1.29, 1.82) is 0 Å². The molecule has 5 nitrogen and oxygen atoms in total. The van der Waals surface area contributed by atoms with E-state index in [9.17, 15) is 4.79 Å².